The highest BCUT2D eigenvalue weighted by molar-refractivity contribution is 6.13. The molecule has 0 saturated heterocycles. The van der Waals surface area contributed by atoms with Crippen LogP contribution in [0, 0.1) is 11.7 Å². The Bertz CT molecular complexity index is 1690. The van der Waals surface area contributed by atoms with E-state index in [-0.39, 0.29) is 35.6 Å². The van der Waals surface area contributed by atoms with Crippen molar-refractivity contribution in [1.82, 2.24) is 10.6 Å². The Hall–Kier alpha value is -4.66. The first-order valence-electron chi connectivity index (χ1n) is 16.7. The molecule has 1 aliphatic rings. The lowest BCUT2D eigenvalue weighted by molar-refractivity contribution is -0.150. The normalized spacial score (nSPS) is 15.7. The molecule has 1 heterocycles. The number of furan rings is 1. The number of nitrogens with zero attached hydrogens (tertiary/aromatic N) is 1. The van der Waals surface area contributed by atoms with Crippen LogP contribution in [0.25, 0.3) is 33.4 Å². The number of carbonyl (C=O) groups is 3. The van der Waals surface area contributed by atoms with Crippen molar-refractivity contribution in [2.75, 3.05) is 31.6 Å². The number of nitrogens with one attached hydrogen (secondary N) is 2. The molecule has 0 bridgehead atoms. The molecule has 0 aliphatic heterocycles. The van der Waals surface area contributed by atoms with Crippen LogP contribution in [0.4, 0.5) is 10.1 Å². The molecule has 4 aromatic rings. The van der Waals surface area contributed by atoms with E-state index in [2.05, 4.69) is 29.4 Å². The highest BCUT2D eigenvalue weighted by atomic mass is 19.1. The van der Waals surface area contributed by atoms with Gasteiger partial charge in [-0.3, -0.25) is 14.4 Å². The first-order valence-corrected chi connectivity index (χ1v) is 16.7. The number of anilines is 1. The van der Waals surface area contributed by atoms with E-state index in [0.717, 1.165) is 49.2 Å². The Morgan fingerprint density at radius 1 is 0.915 bits per heavy atom. The molecule has 0 spiro atoms. The van der Waals surface area contributed by atoms with Gasteiger partial charge >= 0.3 is 5.97 Å². The largest absolute Gasteiger partial charge is 0.466 e. The number of halogens is 1. The summed E-state index contributed by atoms with van der Waals surface area (Å²) in [5.41, 5.74) is 4.45. The molecular formula is C38H46FN3O5. The van der Waals surface area contributed by atoms with Gasteiger partial charge in [0.25, 0.3) is 11.8 Å². The topological polar surface area (TPSA) is 101 Å². The van der Waals surface area contributed by atoms with Crippen molar-refractivity contribution in [3.8, 4) is 22.5 Å². The van der Waals surface area contributed by atoms with E-state index in [0.29, 0.717) is 46.4 Å². The summed E-state index contributed by atoms with van der Waals surface area (Å²) < 4.78 is 25.3. The van der Waals surface area contributed by atoms with Gasteiger partial charge in [0.05, 0.1) is 18.1 Å². The highest BCUT2D eigenvalue weighted by Crippen LogP contribution is 2.41. The van der Waals surface area contributed by atoms with E-state index in [1.807, 2.05) is 44.2 Å². The molecule has 5 rings (SSSR count). The van der Waals surface area contributed by atoms with Crippen molar-refractivity contribution in [1.29, 1.82) is 0 Å². The second-order valence-corrected chi connectivity index (χ2v) is 11.2. The van der Waals surface area contributed by atoms with E-state index >= 15 is 0 Å². The van der Waals surface area contributed by atoms with Crippen molar-refractivity contribution in [3.05, 3.63) is 77.6 Å². The SMILES string of the molecule is CC.CCOC(=O)C1CCCCC1NC(=O)c1cccc(-c2cc3c(C(=O)NC)c(-c4ccc(F)cc4)oc3cc2N(CC)CC)c1. The van der Waals surface area contributed by atoms with Crippen LogP contribution < -0.4 is 15.5 Å². The first-order chi connectivity index (χ1) is 22.8. The van der Waals surface area contributed by atoms with Gasteiger partial charge in [0.15, 0.2) is 0 Å². The van der Waals surface area contributed by atoms with Gasteiger partial charge in [-0.1, -0.05) is 38.8 Å². The van der Waals surface area contributed by atoms with E-state index < -0.39 is 0 Å². The maximum atomic E-state index is 13.7. The monoisotopic (exact) mass is 643 g/mol. The predicted molar refractivity (Wildman–Crippen MR) is 185 cm³/mol. The van der Waals surface area contributed by atoms with E-state index in [1.54, 1.807) is 32.2 Å². The molecule has 2 atom stereocenters. The quantitative estimate of drug-likeness (QED) is 0.170. The molecule has 3 aromatic carbocycles. The molecule has 8 nitrogen and oxygen atoms in total. The minimum atomic E-state index is -0.383. The Morgan fingerprint density at radius 2 is 1.62 bits per heavy atom. The molecule has 0 radical (unpaired) electrons. The summed E-state index contributed by atoms with van der Waals surface area (Å²) in [5.74, 6) is -1.24. The van der Waals surface area contributed by atoms with Crippen LogP contribution in [-0.2, 0) is 9.53 Å². The molecular weight excluding hydrogens is 597 g/mol. The van der Waals surface area contributed by atoms with Crippen LogP contribution in [0.5, 0.6) is 0 Å². The number of amides is 2. The maximum absolute atomic E-state index is 13.7. The fourth-order valence-electron chi connectivity index (χ4n) is 6.26. The zero-order valence-corrected chi connectivity index (χ0v) is 28.2. The number of benzene rings is 3. The molecule has 2 unspecified atom stereocenters. The van der Waals surface area contributed by atoms with Crippen LogP contribution in [0.15, 0.2) is 65.1 Å². The molecule has 1 aliphatic carbocycles. The Morgan fingerprint density at radius 3 is 2.28 bits per heavy atom. The van der Waals surface area contributed by atoms with Crippen LogP contribution in [0.2, 0.25) is 0 Å². The number of carbonyl (C=O) groups excluding carboxylic acids is 3. The van der Waals surface area contributed by atoms with Crippen molar-refractivity contribution >= 4 is 34.4 Å². The van der Waals surface area contributed by atoms with E-state index in [9.17, 15) is 18.8 Å². The Balaban J connectivity index is 0.00000245. The zero-order valence-electron chi connectivity index (χ0n) is 28.2. The lowest BCUT2D eigenvalue weighted by Gasteiger charge is -2.30. The molecule has 1 aromatic heterocycles. The van der Waals surface area contributed by atoms with Crippen molar-refractivity contribution in [2.45, 2.75) is 66.3 Å². The summed E-state index contributed by atoms with van der Waals surface area (Å²) in [6, 6.07) is 16.8. The molecule has 9 heteroatoms. The molecule has 2 N–H and O–H groups in total. The number of hydrogen-bond donors (Lipinski definition) is 2. The van der Waals surface area contributed by atoms with Gasteiger partial charge in [0.2, 0.25) is 0 Å². The van der Waals surface area contributed by atoms with Gasteiger partial charge < -0.3 is 24.7 Å². The van der Waals surface area contributed by atoms with Crippen LogP contribution in [0.1, 0.15) is 81.0 Å². The highest BCUT2D eigenvalue weighted by Gasteiger charge is 2.33. The van der Waals surface area contributed by atoms with Crippen LogP contribution in [-0.4, -0.2) is 50.6 Å². The maximum Gasteiger partial charge on any atom is 0.311 e. The van der Waals surface area contributed by atoms with Gasteiger partial charge in [0, 0.05) is 60.0 Å². The van der Waals surface area contributed by atoms with Crippen molar-refractivity contribution in [2.24, 2.45) is 5.92 Å². The predicted octanol–water partition coefficient (Wildman–Crippen LogP) is 7.99. The first kappa shape index (κ1) is 35.2. The molecule has 1 saturated carbocycles. The minimum absolute atomic E-state index is 0.253. The fraction of sp³-hybridized carbons (Fsp3) is 0.395. The molecule has 250 valence electrons. The lowest BCUT2D eigenvalue weighted by Crippen LogP contribution is -2.45. The fourth-order valence-corrected chi connectivity index (χ4v) is 6.26. The van der Waals surface area contributed by atoms with E-state index in [1.165, 1.54) is 12.1 Å². The van der Waals surface area contributed by atoms with Gasteiger partial charge in [0.1, 0.15) is 17.2 Å². The van der Waals surface area contributed by atoms with Crippen molar-refractivity contribution < 1.29 is 27.9 Å². The summed E-state index contributed by atoms with van der Waals surface area (Å²) in [5, 5.41) is 6.42. The zero-order chi connectivity index (χ0) is 34.1. The number of ether oxygens (including phenoxy) is 1. The molecule has 47 heavy (non-hydrogen) atoms. The third-order valence-electron chi connectivity index (χ3n) is 8.58. The number of rotatable bonds is 10. The average molecular weight is 644 g/mol. The second-order valence-electron chi connectivity index (χ2n) is 11.2. The Labute approximate surface area is 276 Å². The van der Waals surface area contributed by atoms with Crippen molar-refractivity contribution in [3.63, 3.8) is 0 Å². The third kappa shape index (κ3) is 7.67. The van der Waals surface area contributed by atoms with Crippen LogP contribution >= 0.6 is 0 Å². The number of esters is 1. The summed E-state index contributed by atoms with van der Waals surface area (Å²) in [6.07, 6.45) is 3.27. The smallest absolute Gasteiger partial charge is 0.311 e. The summed E-state index contributed by atoms with van der Waals surface area (Å²) in [6.45, 7) is 11.7. The number of hydrogen-bond acceptors (Lipinski definition) is 6. The lowest BCUT2D eigenvalue weighted by atomic mass is 9.84. The average Bonchev–Trinajstić information content (AvgIpc) is 3.48. The van der Waals surface area contributed by atoms with E-state index in [4.69, 9.17) is 9.15 Å². The van der Waals surface area contributed by atoms with Gasteiger partial charge in [-0.05, 0) is 81.6 Å². The van der Waals surface area contributed by atoms with Gasteiger partial charge in [-0.15, -0.1) is 0 Å². The van der Waals surface area contributed by atoms with Crippen LogP contribution in [0.3, 0.4) is 0 Å². The molecule has 2 amide bonds. The Kier molecular flexibility index (Phi) is 12.2. The summed E-state index contributed by atoms with van der Waals surface area (Å²) in [7, 11) is 1.56. The third-order valence-corrected chi connectivity index (χ3v) is 8.58. The standard InChI is InChI=1S/C36H40FN3O5.C2H6/c1-5-40(6-2)30-21-31-28(32(35(42)38-4)33(45-31)22-15-17-25(37)18-16-22)20-27(30)23-11-10-12-24(19-23)34(41)39-29-14-9-8-13-26(29)36(43)44-7-3;1-2/h10-12,15-21,26,29H,5-9,13-14H2,1-4H3,(H,38,42)(H,39,41);1-2H3. The van der Waals surface area contributed by atoms with Gasteiger partial charge in [-0.25, -0.2) is 4.39 Å². The summed E-state index contributed by atoms with van der Waals surface area (Å²) >= 11 is 0. The minimum Gasteiger partial charge on any atom is -0.466 e. The number of fused-ring (bicyclic) bond motifs is 1. The second kappa shape index (κ2) is 16.3. The van der Waals surface area contributed by atoms with Gasteiger partial charge in [-0.2, -0.15) is 0 Å². The summed E-state index contributed by atoms with van der Waals surface area (Å²) in [4.78, 5) is 41.6. The molecule has 1 fully saturated rings.